The van der Waals surface area contributed by atoms with Gasteiger partial charge in [-0.2, -0.15) is 5.10 Å². The Labute approximate surface area is 123 Å². The third-order valence-corrected chi connectivity index (χ3v) is 5.10. The van der Waals surface area contributed by atoms with Crippen LogP contribution in [0.3, 0.4) is 0 Å². The van der Waals surface area contributed by atoms with Crippen LogP contribution in [0.5, 0.6) is 0 Å². The van der Waals surface area contributed by atoms with E-state index in [0.717, 1.165) is 29.7 Å². The molecule has 0 bridgehead atoms. The predicted octanol–water partition coefficient (Wildman–Crippen LogP) is 0.199. The molecule has 3 heterocycles. The molecule has 0 aliphatic carbocycles. The molecular weight excluding hydrogens is 292 g/mol. The highest BCUT2D eigenvalue weighted by atomic mass is 32.2. The fourth-order valence-electron chi connectivity index (χ4n) is 2.60. The van der Waals surface area contributed by atoms with Crippen LogP contribution in [0.4, 0.5) is 5.82 Å². The quantitative estimate of drug-likeness (QED) is 0.870. The van der Waals surface area contributed by atoms with Crippen molar-refractivity contribution in [3.8, 4) is 0 Å². The summed E-state index contributed by atoms with van der Waals surface area (Å²) in [5, 5.41) is 8.44. The number of nitrogens with zero attached hydrogens (tertiary/aromatic N) is 5. The van der Waals surface area contributed by atoms with E-state index in [1.165, 1.54) is 16.9 Å². The molecule has 1 aliphatic heterocycles. The van der Waals surface area contributed by atoms with Crippen molar-refractivity contribution in [1.29, 1.82) is 0 Å². The minimum absolute atomic E-state index is 0.210. The molecule has 0 amide bonds. The van der Waals surface area contributed by atoms with Crippen LogP contribution in [0.2, 0.25) is 0 Å². The molecule has 9 heteroatoms. The van der Waals surface area contributed by atoms with Crippen LogP contribution in [-0.4, -0.2) is 57.9 Å². The zero-order chi connectivity index (χ0) is 15.0. The molecule has 1 fully saturated rings. The smallest absolute Gasteiger partial charge is 0.211 e. The number of aryl methyl sites for hydroxylation is 1. The Kier molecular flexibility index (Phi) is 3.54. The lowest BCUT2D eigenvalue weighted by molar-refractivity contribution is 0.331. The highest BCUT2D eigenvalue weighted by Gasteiger charge is 2.25. The van der Waals surface area contributed by atoms with Gasteiger partial charge in [-0.1, -0.05) is 0 Å². The van der Waals surface area contributed by atoms with Crippen molar-refractivity contribution in [3.63, 3.8) is 0 Å². The van der Waals surface area contributed by atoms with Crippen LogP contribution in [-0.2, 0) is 17.1 Å². The summed E-state index contributed by atoms with van der Waals surface area (Å²) in [6, 6.07) is 0.210. The fourth-order valence-corrected chi connectivity index (χ4v) is 3.48. The number of hydrogen-bond donors (Lipinski definition) is 1. The average molecular weight is 310 g/mol. The monoisotopic (exact) mass is 310 g/mol. The molecule has 21 heavy (non-hydrogen) atoms. The lowest BCUT2D eigenvalue weighted by Gasteiger charge is -2.30. The molecule has 1 N–H and O–H groups in total. The molecule has 0 aromatic carbocycles. The number of fused-ring (bicyclic) bond motifs is 1. The molecule has 1 saturated heterocycles. The van der Waals surface area contributed by atoms with Crippen molar-refractivity contribution < 1.29 is 8.42 Å². The van der Waals surface area contributed by atoms with Gasteiger partial charge >= 0.3 is 0 Å². The molecule has 0 saturated carbocycles. The van der Waals surface area contributed by atoms with E-state index >= 15 is 0 Å². The van der Waals surface area contributed by atoms with Gasteiger partial charge in [0, 0.05) is 26.2 Å². The predicted molar refractivity (Wildman–Crippen MR) is 79.4 cm³/mol. The highest BCUT2D eigenvalue weighted by Crippen LogP contribution is 2.22. The van der Waals surface area contributed by atoms with Gasteiger partial charge in [0.25, 0.3) is 0 Å². The summed E-state index contributed by atoms with van der Waals surface area (Å²) in [5.74, 6) is 0.755. The second-order valence-corrected chi connectivity index (χ2v) is 7.29. The van der Waals surface area contributed by atoms with Gasteiger partial charge in [-0.3, -0.25) is 4.68 Å². The molecule has 0 unspecified atom stereocenters. The first-order valence-electron chi connectivity index (χ1n) is 6.79. The van der Waals surface area contributed by atoms with Gasteiger partial charge in [-0.15, -0.1) is 0 Å². The van der Waals surface area contributed by atoms with E-state index in [-0.39, 0.29) is 6.04 Å². The summed E-state index contributed by atoms with van der Waals surface area (Å²) in [6.45, 7) is 1.08. The molecular formula is C12H18N6O2S. The van der Waals surface area contributed by atoms with Crippen molar-refractivity contribution in [3.05, 3.63) is 12.5 Å². The topological polar surface area (TPSA) is 93.0 Å². The second kappa shape index (κ2) is 5.23. The van der Waals surface area contributed by atoms with Crippen molar-refractivity contribution in [2.45, 2.75) is 18.9 Å². The first-order chi connectivity index (χ1) is 9.95. The Bertz CT molecular complexity index is 748. The summed E-state index contributed by atoms with van der Waals surface area (Å²) in [7, 11) is -1.25. The molecule has 3 rings (SSSR count). The SMILES string of the molecule is Cn1ncc2c(NC3CCN(S(C)(=O)=O)CC3)ncnc21. The zero-order valence-electron chi connectivity index (χ0n) is 12.0. The van der Waals surface area contributed by atoms with Gasteiger partial charge < -0.3 is 5.32 Å². The number of aromatic nitrogens is 4. The number of nitrogens with one attached hydrogen (secondary N) is 1. The second-order valence-electron chi connectivity index (χ2n) is 5.31. The van der Waals surface area contributed by atoms with Crippen molar-refractivity contribution in [2.75, 3.05) is 24.7 Å². The number of piperidine rings is 1. The molecule has 1 aliphatic rings. The van der Waals surface area contributed by atoms with Crippen LogP contribution in [0.15, 0.2) is 12.5 Å². The maximum absolute atomic E-state index is 11.5. The Morgan fingerprint density at radius 3 is 2.67 bits per heavy atom. The Morgan fingerprint density at radius 2 is 2.00 bits per heavy atom. The zero-order valence-corrected chi connectivity index (χ0v) is 12.8. The Balaban J connectivity index is 1.73. The van der Waals surface area contributed by atoms with Crippen LogP contribution >= 0.6 is 0 Å². The minimum Gasteiger partial charge on any atom is -0.367 e. The van der Waals surface area contributed by atoms with E-state index in [1.54, 1.807) is 10.9 Å². The molecule has 0 radical (unpaired) electrons. The fraction of sp³-hybridized carbons (Fsp3) is 0.583. The molecule has 114 valence electrons. The molecule has 0 spiro atoms. The lowest BCUT2D eigenvalue weighted by Crippen LogP contribution is -2.41. The summed E-state index contributed by atoms with van der Waals surface area (Å²) in [5.41, 5.74) is 0.779. The van der Waals surface area contributed by atoms with Gasteiger partial charge in [0.05, 0.1) is 17.8 Å². The van der Waals surface area contributed by atoms with Gasteiger partial charge in [0.2, 0.25) is 10.0 Å². The van der Waals surface area contributed by atoms with Gasteiger partial charge in [-0.05, 0) is 12.8 Å². The van der Waals surface area contributed by atoms with E-state index < -0.39 is 10.0 Å². The number of anilines is 1. The Morgan fingerprint density at radius 1 is 1.29 bits per heavy atom. The summed E-state index contributed by atoms with van der Waals surface area (Å²) >= 11 is 0. The summed E-state index contributed by atoms with van der Waals surface area (Å²) < 4.78 is 26.2. The van der Waals surface area contributed by atoms with Crippen molar-refractivity contribution >= 4 is 26.9 Å². The van der Waals surface area contributed by atoms with Gasteiger partial charge in [0.15, 0.2) is 5.65 Å². The van der Waals surface area contributed by atoms with Crippen molar-refractivity contribution in [2.24, 2.45) is 7.05 Å². The number of sulfonamides is 1. The molecule has 2 aromatic heterocycles. The molecule has 0 atom stereocenters. The van der Waals surface area contributed by atoms with E-state index in [1.807, 2.05) is 7.05 Å². The van der Waals surface area contributed by atoms with Crippen LogP contribution < -0.4 is 5.32 Å². The van der Waals surface area contributed by atoms with Gasteiger partial charge in [-0.25, -0.2) is 22.7 Å². The van der Waals surface area contributed by atoms with Crippen molar-refractivity contribution in [1.82, 2.24) is 24.1 Å². The molecule has 8 nitrogen and oxygen atoms in total. The van der Waals surface area contributed by atoms with E-state index in [9.17, 15) is 8.42 Å². The molecule has 2 aromatic rings. The first-order valence-corrected chi connectivity index (χ1v) is 8.64. The number of hydrogen-bond acceptors (Lipinski definition) is 6. The van der Waals surface area contributed by atoms with Gasteiger partial charge in [0.1, 0.15) is 12.1 Å². The largest absolute Gasteiger partial charge is 0.367 e. The van der Waals surface area contributed by atoms with Crippen LogP contribution in [0.1, 0.15) is 12.8 Å². The summed E-state index contributed by atoms with van der Waals surface area (Å²) in [6.07, 6.45) is 6.03. The lowest BCUT2D eigenvalue weighted by atomic mass is 10.1. The standard InChI is InChI=1S/C12H18N6O2S/c1-17-12-10(7-15-17)11(13-8-14-12)16-9-3-5-18(6-4-9)21(2,19)20/h7-9H,3-6H2,1-2H3,(H,13,14,16). The minimum atomic E-state index is -3.09. The van der Waals surface area contributed by atoms with E-state index in [4.69, 9.17) is 0 Å². The number of rotatable bonds is 3. The average Bonchev–Trinajstić information content (AvgIpc) is 2.82. The third kappa shape index (κ3) is 2.84. The summed E-state index contributed by atoms with van der Waals surface area (Å²) in [4.78, 5) is 8.48. The van der Waals surface area contributed by atoms with E-state index in [0.29, 0.717) is 13.1 Å². The Hall–Kier alpha value is -1.74. The normalized spacial score (nSPS) is 18.2. The highest BCUT2D eigenvalue weighted by molar-refractivity contribution is 7.88. The first kappa shape index (κ1) is 14.2. The third-order valence-electron chi connectivity index (χ3n) is 3.79. The van der Waals surface area contributed by atoms with E-state index in [2.05, 4.69) is 20.4 Å². The van der Waals surface area contributed by atoms with Crippen LogP contribution in [0.25, 0.3) is 11.0 Å². The van der Waals surface area contributed by atoms with Crippen LogP contribution in [0, 0.1) is 0 Å². The maximum Gasteiger partial charge on any atom is 0.211 e. The maximum atomic E-state index is 11.5.